The van der Waals surface area contributed by atoms with Gasteiger partial charge in [0.1, 0.15) is 5.75 Å². The van der Waals surface area contributed by atoms with Crippen molar-refractivity contribution in [3.05, 3.63) is 47.5 Å². The van der Waals surface area contributed by atoms with Crippen molar-refractivity contribution in [2.24, 2.45) is 0 Å². The number of ether oxygens (including phenoxy) is 1. The number of tetrazole rings is 1. The van der Waals surface area contributed by atoms with E-state index in [-0.39, 0.29) is 11.7 Å². The number of thioether (sulfide) groups is 1. The smallest absolute Gasteiger partial charge is 0.236 e. The van der Waals surface area contributed by atoms with Crippen LogP contribution in [0.5, 0.6) is 5.75 Å². The van der Waals surface area contributed by atoms with E-state index in [2.05, 4.69) is 31.9 Å². The van der Waals surface area contributed by atoms with Crippen LogP contribution in [0.25, 0.3) is 15.9 Å². The summed E-state index contributed by atoms with van der Waals surface area (Å²) < 4.78 is 7.82. The van der Waals surface area contributed by atoms with Crippen LogP contribution in [-0.2, 0) is 4.79 Å². The standard InChI is InChI=1S/C19H18N6O2S2/c1-11-4-7-15(12(2)8-11)25-19(22-23-24-25)28-10-17(26)21-18-20-14-6-5-13(27-3)9-16(14)29-18/h4-9H,10H2,1-3H3,(H,20,21,26). The number of benzene rings is 2. The number of anilines is 1. The normalized spacial score (nSPS) is 11.0. The third kappa shape index (κ3) is 4.22. The Hall–Kier alpha value is -2.98. The van der Waals surface area contributed by atoms with Crippen molar-refractivity contribution in [1.29, 1.82) is 0 Å². The van der Waals surface area contributed by atoms with Gasteiger partial charge in [0.2, 0.25) is 11.1 Å². The van der Waals surface area contributed by atoms with Crippen LogP contribution in [0.2, 0.25) is 0 Å². The second kappa shape index (κ2) is 8.18. The molecule has 1 amide bonds. The summed E-state index contributed by atoms with van der Waals surface area (Å²) in [5, 5.41) is 15.8. The van der Waals surface area contributed by atoms with Gasteiger partial charge in [0.15, 0.2) is 5.13 Å². The fourth-order valence-corrected chi connectivity index (χ4v) is 4.43. The molecular weight excluding hydrogens is 408 g/mol. The molecule has 0 spiro atoms. The van der Waals surface area contributed by atoms with Crippen LogP contribution in [-0.4, -0.2) is 44.0 Å². The Balaban J connectivity index is 1.44. The van der Waals surface area contributed by atoms with E-state index in [0.29, 0.717) is 10.3 Å². The number of nitrogens with one attached hydrogen (secondary N) is 1. The number of aryl methyl sites for hydroxylation is 2. The summed E-state index contributed by atoms with van der Waals surface area (Å²) in [6.07, 6.45) is 0. The summed E-state index contributed by atoms with van der Waals surface area (Å²) in [6, 6.07) is 11.7. The number of carbonyl (C=O) groups is 1. The Labute approximate surface area is 175 Å². The molecular formula is C19H18N6O2S2. The highest BCUT2D eigenvalue weighted by Gasteiger charge is 2.14. The molecule has 10 heteroatoms. The molecule has 148 valence electrons. The van der Waals surface area contributed by atoms with E-state index in [1.807, 2.05) is 44.2 Å². The lowest BCUT2D eigenvalue weighted by molar-refractivity contribution is -0.113. The van der Waals surface area contributed by atoms with Crippen LogP contribution in [0.3, 0.4) is 0 Å². The Morgan fingerprint density at radius 3 is 2.90 bits per heavy atom. The number of rotatable bonds is 6. The van der Waals surface area contributed by atoms with E-state index in [0.717, 1.165) is 27.2 Å². The maximum absolute atomic E-state index is 12.4. The molecule has 0 fully saturated rings. The molecule has 1 N–H and O–H groups in total. The molecule has 0 saturated carbocycles. The summed E-state index contributed by atoms with van der Waals surface area (Å²) in [5.74, 6) is 0.758. The van der Waals surface area contributed by atoms with Crippen LogP contribution < -0.4 is 10.1 Å². The van der Waals surface area contributed by atoms with Crippen molar-refractivity contribution in [2.45, 2.75) is 19.0 Å². The van der Waals surface area contributed by atoms with Crippen molar-refractivity contribution in [3.8, 4) is 11.4 Å². The number of amides is 1. The lowest BCUT2D eigenvalue weighted by atomic mass is 10.1. The molecule has 4 rings (SSSR count). The highest BCUT2D eigenvalue weighted by molar-refractivity contribution is 7.99. The first-order valence-corrected chi connectivity index (χ1v) is 10.6. The average molecular weight is 427 g/mol. The first kappa shape index (κ1) is 19.3. The van der Waals surface area contributed by atoms with Crippen LogP contribution in [0.1, 0.15) is 11.1 Å². The number of hydrogen-bond donors (Lipinski definition) is 1. The van der Waals surface area contributed by atoms with Crippen LogP contribution in [0.4, 0.5) is 5.13 Å². The predicted octanol–water partition coefficient (Wildman–Crippen LogP) is 3.63. The zero-order valence-electron chi connectivity index (χ0n) is 16.0. The van der Waals surface area contributed by atoms with E-state index in [9.17, 15) is 4.79 Å². The van der Waals surface area contributed by atoms with Crippen LogP contribution >= 0.6 is 23.1 Å². The Morgan fingerprint density at radius 1 is 1.24 bits per heavy atom. The van der Waals surface area contributed by atoms with Crippen molar-refractivity contribution >= 4 is 44.4 Å². The fourth-order valence-electron chi connectivity index (χ4n) is 2.83. The topological polar surface area (TPSA) is 94.8 Å². The van der Waals surface area contributed by atoms with Gasteiger partial charge >= 0.3 is 0 Å². The Kier molecular flexibility index (Phi) is 5.45. The largest absolute Gasteiger partial charge is 0.497 e. The van der Waals surface area contributed by atoms with Gasteiger partial charge < -0.3 is 10.1 Å². The third-order valence-electron chi connectivity index (χ3n) is 4.20. The van der Waals surface area contributed by atoms with Gasteiger partial charge in [0.05, 0.1) is 28.8 Å². The van der Waals surface area contributed by atoms with Crippen molar-refractivity contribution in [2.75, 3.05) is 18.2 Å². The predicted molar refractivity (Wildman–Crippen MR) is 114 cm³/mol. The highest BCUT2D eigenvalue weighted by Crippen LogP contribution is 2.29. The highest BCUT2D eigenvalue weighted by atomic mass is 32.2. The maximum Gasteiger partial charge on any atom is 0.236 e. The lowest BCUT2D eigenvalue weighted by Gasteiger charge is -2.08. The molecule has 2 aromatic heterocycles. The number of aromatic nitrogens is 5. The zero-order chi connectivity index (χ0) is 20.4. The van der Waals surface area contributed by atoms with Gasteiger partial charge in [-0.15, -0.1) is 5.10 Å². The first-order chi connectivity index (χ1) is 14.0. The van der Waals surface area contributed by atoms with Crippen molar-refractivity contribution < 1.29 is 9.53 Å². The SMILES string of the molecule is COc1ccc2nc(NC(=O)CSc3nnnn3-c3ccc(C)cc3C)sc2c1. The van der Waals surface area contributed by atoms with E-state index >= 15 is 0 Å². The van der Waals surface area contributed by atoms with E-state index in [1.165, 1.54) is 28.7 Å². The molecule has 0 radical (unpaired) electrons. The van der Waals surface area contributed by atoms with Crippen molar-refractivity contribution in [1.82, 2.24) is 25.2 Å². The molecule has 0 atom stereocenters. The third-order valence-corrected chi connectivity index (χ3v) is 6.05. The van der Waals surface area contributed by atoms with Gasteiger partial charge in [0, 0.05) is 0 Å². The average Bonchev–Trinajstić information content (AvgIpc) is 3.31. The monoisotopic (exact) mass is 426 g/mol. The summed E-state index contributed by atoms with van der Waals surface area (Å²) in [6.45, 7) is 4.04. The van der Waals surface area contributed by atoms with E-state index in [1.54, 1.807) is 11.8 Å². The molecule has 0 bridgehead atoms. The number of fused-ring (bicyclic) bond motifs is 1. The van der Waals surface area contributed by atoms with Gasteiger partial charge in [-0.25, -0.2) is 4.98 Å². The minimum Gasteiger partial charge on any atom is -0.497 e. The molecule has 2 aromatic carbocycles. The van der Waals surface area contributed by atoms with Gasteiger partial charge in [0.25, 0.3) is 0 Å². The molecule has 0 saturated heterocycles. The summed E-state index contributed by atoms with van der Waals surface area (Å²) in [5.41, 5.74) is 3.94. The molecule has 4 aromatic rings. The Bertz CT molecular complexity index is 1190. The molecule has 29 heavy (non-hydrogen) atoms. The van der Waals surface area contributed by atoms with Crippen LogP contribution in [0.15, 0.2) is 41.6 Å². The summed E-state index contributed by atoms with van der Waals surface area (Å²) in [4.78, 5) is 16.8. The molecule has 2 heterocycles. The molecule has 0 aliphatic carbocycles. The van der Waals surface area contributed by atoms with Gasteiger partial charge in [-0.2, -0.15) is 4.68 Å². The number of hydrogen-bond acceptors (Lipinski definition) is 8. The summed E-state index contributed by atoms with van der Waals surface area (Å²) in [7, 11) is 1.62. The van der Waals surface area contributed by atoms with Crippen molar-refractivity contribution in [3.63, 3.8) is 0 Å². The van der Waals surface area contributed by atoms with Crippen LogP contribution in [0, 0.1) is 13.8 Å². The molecule has 0 unspecified atom stereocenters. The first-order valence-electron chi connectivity index (χ1n) is 8.77. The molecule has 0 aliphatic rings. The lowest BCUT2D eigenvalue weighted by Crippen LogP contribution is -2.14. The quantitative estimate of drug-likeness (QED) is 0.471. The number of methoxy groups -OCH3 is 1. The second-order valence-electron chi connectivity index (χ2n) is 6.35. The van der Waals surface area contributed by atoms with Gasteiger partial charge in [-0.05, 0) is 54.1 Å². The second-order valence-corrected chi connectivity index (χ2v) is 8.33. The fraction of sp³-hybridized carbons (Fsp3) is 0.211. The molecule has 8 nitrogen and oxygen atoms in total. The maximum atomic E-state index is 12.4. The van der Waals surface area contributed by atoms with Gasteiger partial charge in [-0.1, -0.05) is 40.8 Å². The van der Waals surface area contributed by atoms with E-state index in [4.69, 9.17) is 4.74 Å². The summed E-state index contributed by atoms with van der Waals surface area (Å²) >= 11 is 2.68. The van der Waals surface area contributed by atoms with E-state index < -0.39 is 0 Å². The molecule has 0 aliphatic heterocycles. The number of nitrogens with zero attached hydrogens (tertiary/aromatic N) is 5. The zero-order valence-corrected chi connectivity index (χ0v) is 17.7. The number of thiazole rings is 1. The van der Waals surface area contributed by atoms with Gasteiger partial charge in [-0.3, -0.25) is 4.79 Å². The minimum absolute atomic E-state index is 0.170. The number of carbonyl (C=O) groups excluding carboxylic acids is 1. The minimum atomic E-state index is -0.170. The Morgan fingerprint density at radius 2 is 2.10 bits per heavy atom.